The molecule has 0 unspecified atom stereocenters. The first-order valence-corrected chi connectivity index (χ1v) is 11.2. The zero-order valence-corrected chi connectivity index (χ0v) is 19.4. The number of carboxylic acids is 1. The van der Waals surface area contributed by atoms with E-state index in [0.717, 1.165) is 28.7 Å². The Balaban J connectivity index is 1.59. The Hall–Kier alpha value is -3.54. The number of hydrogen-bond donors (Lipinski definition) is 3. The van der Waals surface area contributed by atoms with Crippen molar-refractivity contribution in [2.45, 2.75) is 45.4 Å². The number of rotatable bonds is 10. The predicted molar refractivity (Wildman–Crippen MR) is 129 cm³/mol. The van der Waals surface area contributed by atoms with Crippen LogP contribution in [-0.4, -0.2) is 35.2 Å². The minimum Gasteiger partial charge on any atom is -0.506 e. The number of hydrogen-bond acceptors (Lipinski definition) is 4. The summed E-state index contributed by atoms with van der Waals surface area (Å²) in [4.78, 5) is 23.6. The molecule has 0 saturated carbocycles. The molecule has 3 aromatic carbocycles. The molecule has 3 aromatic rings. The van der Waals surface area contributed by atoms with E-state index in [0.29, 0.717) is 25.0 Å². The van der Waals surface area contributed by atoms with Crippen LogP contribution in [0.3, 0.4) is 0 Å². The molecule has 3 N–H and O–H groups in total. The lowest BCUT2D eigenvalue weighted by atomic mass is 9.81. The van der Waals surface area contributed by atoms with Gasteiger partial charge in [0, 0.05) is 17.5 Å². The Labute approximate surface area is 194 Å². The molecule has 0 heterocycles. The van der Waals surface area contributed by atoms with Crippen LogP contribution in [0.1, 0.15) is 55.1 Å². The van der Waals surface area contributed by atoms with E-state index in [9.17, 15) is 14.7 Å². The van der Waals surface area contributed by atoms with Gasteiger partial charge in [-0.05, 0) is 41.3 Å². The van der Waals surface area contributed by atoms with Gasteiger partial charge in [0.1, 0.15) is 11.5 Å². The molecule has 0 aliphatic heterocycles. The van der Waals surface area contributed by atoms with E-state index in [4.69, 9.17) is 9.84 Å². The van der Waals surface area contributed by atoms with E-state index >= 15 is 0 Å². The number of amides is 1. The number of carbonyl (C=O) groups is 2. The monoisotopic (exact) mass is 449 g/mol. The number of phenols is 1. The van der Waals surface area contributed by atoms with Crippen molar-refractivity contribution in [1.29, 1.82) is 0 Å². The third kappa shape index (κ3) is 5.83. The van der Waals surface area contributed by atoms with Crippen LogP contribution in [0.25, 0.3) is 10.8 Å². The average molecular weight is 450 g/mol. The molecule has 3 rings (SSSR count). The van der Waals surface area contributed by atoms with Gasteiger partial charge in [-0.1, -0.05) is 63.2 Å². The number of aromatic hydroxyl groups is 1. The highest BCUT2D eigenvalue weighted by Crippen LogP contribution is 2.35. The number of carboxylic acid groups (broad SMARTS) is 1. The zero-order valence-electron chi connectivity index (χ0n) is 19.4. The second-order valence-corrected chi connectivity index (χ2v) is 8.78. The van der Waals surface area contributed by atoms with Crippen LogP contribution < -0.4 is 10.1 Å². The molecule has 0 aromatic heterocycles. The molecule has 0 fully saturated rings. The Morgan fingerprint density at radius 3 is 2.55 bits per heavy atom. The van der Waals surface area contributed by atoms with Gasteiger partial charge in [0.2, 0.25) is 0 Å². The number of aliphatic carboxylic acids is 1. The molecule has 33 heavy (non-hydrogen) atoms. The van der Waals surface area contributed by atoms with Crippen LogP contribution in [0.4, 0.5) is 0 Å². The predicted octanol–water partition coefficient (Wildman–Crippen LogP) is 5.06. The first-order valence-electron chi connectivity index (χ1n) is 11.2. The fourth-order valence-corrected chi connectivity index (χ4v) is 3.70. The number of phenolic OH excluding ortho intramolecular Hbond substituents is 1. The molecule has 0 atom stereocenters. The Morgan fingerprint density at radius 2 is 1.82 bits per heavy atom. The molecule has 0 spiro atoms. The first kappa shape index (κ1) is 24.1. The minimum absolute atomic E-state index is 0.0188. The second kappa shape index (κ2) is 10.4. The van der Waals surface area contributed by atoms with Gasteiger partial charge in [-0.2, -0.15) is 0 Å². The number of fused-ring (bicyclic) bond motifs is 1. The summed E-state index contributed by atoms with van der Waals surface area (Å²) < 4.78 is 6.01. The van der Waals surface area contributed by atoms with Gasteiger partial charge in [0.15, 0.2) is 0 Å². The van der Waals surface area contributed by atoms with E-state index in [1.807, 2.05) is 36.4 Å². The highest BCUT2D eigenvalue weighted by atomic mass is 16.5. The maximum atomic E-state index is 12.5. The van der Waals surface area contributed by atoms with Crippen LogP contribution in [0.15, 0.2) is 54.6 Å². The summed E-state index contributed by atoms with van der Waals surface area (Å²) in [5, 5.41) is 23.9. The number of carbonyl (C=O) groups excluding carboxylic acids is 1. The topological polar surface area (TPSA) is 95.9 Å². The number of benzene rings is 3. The van der Waals surface area contributed by atoms with Crippen LogP contribution in [-0.2, 0) is 16.6 Å². The smallest absolute Gasteiger partial charge is 0.307 e. The van der Waals surface area contributed by atoms with Crippen molar-refractivity contribution in [2.24, 2.45) is 0 Å². The molecule has 174 valence electrons. The number of nitrogens with one attached hydrogen (secondary N) is 1. The highest BCUT2D eigenvalue weighted by molar-refractivity contribution is 6.03. The molecule has 0 bridgehead atoms. The average Bonchev–Trinajstić information content (AvgIpc) is 2.79. The van der Waals surface area contributed by atoms with Gasteiger partial charge in [-0.3, -0.25) is 9.59 Å². The van der Waals surface area contributed by atoms with Gasteiger partial charge in [-0.25, -0.2) is 0 Å². The standard InChI is InChI=1S/C27H31NO5/c1-4-27(2,3)22-16-18(17-24(29)30)10-13-23(22)33-15-7-14-28-26(32)21-12-11-19-8-5-6-9-20(19)25(21)31/h5-6,8-13,16,31H,4,7,14-15,17H2,1-3H3,(H,28,32)(H,29,30). The van der Waals surface area contributed by atoms with Crippen molar-refractivity contribution in [3.8, 4) is 11.5 Å². The molecule has 0 radical (unpaired) electrons. The van der Waals surface area contributed by atoms with Gasteiger partial charge in [-0.15, -0.1) is 0 Å². The van der Waals surface area contributed by atoms with Gasteiger partial charge < -0.3 is 20.3 Å². The quantitative estimate of drug-likeness (QED) is 0.376. The van der Waals surface area contributed by atoms with Crippen LogP contribution in [0.2, 0.25) is 0 Å². The molecule has 6 nitrogen and oxygen atoms in total. The number of ether oxygens (including phenoxy) is 1. The van der Waals surface area contributed by atoms with Crippen LogP contribution >= 0.6 is 0 Å². The van der Waals surface area contributed by atoms with Crippen molar-refractivity contribution in [2.75, 3.05) is 13.2 Å². The first-order chi connectivity index (χ1) is 15.7. The molecular weight excluding hydrogens is 418 g/mol. The SMILES string of the molecule is CCC(C)(C)c1cc(CC(=O)O)ccc1OCCCNC(=O)c1ccc2ccccc2c1O. The fourth-order valence-electron chi connectivity index (χ4n) is 3.70. The molecule has 0 aliphatic rings. The second-order valence-electron chi connectivity index (χ2n) is 8.78. The summed E-state index contributed by atoms with van der Waals surface area (Å²) in [5.41, 5.74) is 1.81. The third-order valence-electron chi connectivity index (χ3n) is 6.02. The van der Waals surface area contributed by atoms with Crippen molar-refractivity contribution < 1.29 is 24.5 Å². The molecule has 6 heteroatoms. The maximum absolute atomic E-state index is 12.5. The summed E-state index contributed by atoms with van der Waals surface area (Å²) in [6, 6.07) is 16.3. The largest absolute Gasteiger partial charge is 0.506 e. The van der Waals surface area contributed by atoms with Gasteiger partial charge >= 0.3 is 5.97 Å². The van der Waals surface area contributed by atoms with Crippen molar-refractivity contribution in [3.63, 3.8) is 0 Å². The van der Waals surface area contributed by atoms with E-state index in [1.165, 1.54) is 0 Å². The van der Waals surface area contributed by atoms with Crippen LogP contribution in [0.5, 0.6) is 11.5 Å². The maximum Gasteiger partial charge on any atom is 0.307 e. The van der Waals surface area contributed by atoms with Crippen molar-refractivity contribution in [3.05, 3.63) is 71.3 Å². The molecule has 0 aliphatic carbocycles. The lowest BCUT2D eigenvalue weighted by Gasteiger charge is -2.27. The van der Waals surface area contributed by atoms with Crippen LogP contribution in [0, 0.1) is 0 Å². The summed E-state index contributed by atoms with van der Waals surface area (Å²) in [5.74, 6) is -0.481. The Morgan fingerprint density at radius 1 is 1.06 bits per heavy atom. The van der Waals surface area contributed by atoms with Gasteiger partial charge in [0.25, 0.3) is 5.91 Å². The van der Waals surface area contributed by atoms with Crippen molar-refractivity contribution in [1.82, 2.24) is 5.32 Å². The summed E-state index contributed by atoms with van der Waals surface area (Å²) in [6.07, 6.45) is 1.44. The Bertz CT molecular complexity index is 1150. The summed E-state index contributed by atoms with van der Waals surface area (Å²) in [7, 11) is 0. The van der Waals surface area contributed by atoms with Gasteiger partial charge in [0.05, 0.1) is 18.6 Å². The van der Waals surface area contributed by atoms with Crippen molar-refractivity contribution >= 4 is 22.6 Å². The fraction of sp³-hybridized carbons (Fsp3) is 0.333. The third-order valence-corrected chi connectivity index (χ3v) is 6.02. The molecular formula is C27H31NO5. The Kier molecular flexibility index (Phi) is 7.59. The van der Waals surface area contributed by atoms with E-state index < -0.39 is 5.97 Å². The normalized spacial score (nSPS) is 11.4. The van der Waals surface area contributed by atoms with E-state index in [1.54, 1.807) is 18.2 Å². The summed E-state index contributed by atoms with van der Waals surface area (Å²) in [6.45, 7) is 7.10. The lowest BCUT2D eigenvalue weighted by Crippen LogP contribution is -2.26. The highest BCUT2D eigenvalue weighted by Gasteiger charge is 2.23. The van der Waals surface area contributed by atoms with E-state index in [2.05, 4.69) is 26.1 Å². The van der Waals surface area contributed by atoms with E-state index in [-0.39, 0.29) is 29.1 Å². The lowest BCUT2D eigenvalue weighted by molar-refractivity contribution is -0.136. The molecule has 0 saturated heterocycles. The zero-order chi connectivity index (χ0) is 24.0. The summed E-state index contributed by atoms with van der Waals surface area (Å²) >= 11 is 0. The minimum atomic E-state index is -0.864. The molecule has 1 amide bonds.